The molecule has 1 nitrogen and oxygen atoms in total. The van der Waals surface area contributed by atoms with Crippen molar-refractivity contribution < 1.29 is 4.39 Å². The van der Waals surface area contributed by atoms with E-state index in [1.54, 1.807) is 23.5 Å². The summed E-state index contributed by atoms with van der Waals surface area (Å²) in [5, 5.41) is 2.42. The van der Waals surface area contributed by atoms with Gasteiger partial charge in [0.15, 0.2) is 0 Å². The Balaban J connectivity index is 1.95. The number of aromatic nitrogens is 1. The Labute approximate surface area is 113 Å². The Hall–Kier alpha value is -1.45. The van der Waals surface area contributed by atoms with E-state index in [0.717, 1.165) is 15.9 Å². The van der Waals surface area contributed by atoms with Gasteiger partial charge >= 0.3 is 0 Å². The molecule has 2 heterocycles. The first kappa shape index (κ1) is 11.6. The predicted octanol–water partition coefficient (Wildman–Crippen LogP) is 4.68. The number of halogens is 2. The van der Waals surface area contributed by atoms with Gasteiger partial charge in [0.1, 0.15) is 5.82 Å². The zero-order chi connectivity index (χ0) is 12.5. The van der Waals surface area contributed by atoms with E-state index in [-0.39, 0.29) is 5.82 Å². The van der Waals surface area contributed by atoms with Crippen LogP contribution in [0.25, 0.3) is 10.2 Å². The van der Waals surface area contributed by atoms with E-state index in [0.29, 0.717) is 17.0 Å². The second kappa shape index (κ2) is 4.67. The Morgan fingerprint density at radius 1 is 1.17 bits per heavy atom. The molecule has 0 saturated carbocycles. The first-order valence-corrected chi connectivity index (χ1v) is 6.75. The lowest BCUT2D eigenvalue weighted by Gasteiger charge is -2.03. The SMILES string of the molecule is Fc1cc(Cl)ccc1Cc1ccc2sccc2n1. The molecule has 3 aromatic rings. The number of hydrogen-bond acceptors (Lipinski definition) is 2. The van der Waals surface area contributed by atoms with Crippen LogP contribution in [-0.4, -0.2) is 4.98 Å². The van der Waals surface area contributed by atoms with Crippen molar-refractivity contribution in [2.45, 2.75) is 6.42 Å². The maximum absolute atomic E-state index is 13.7. The van der Waals surface area contributed by atoms with Gasteiger partial charge in [-0.15, -0.1) is 11.3 Å². The number of thiophene rings is 1. The van der Waals surface area contributed by atoms with E-state index in [1.807, 2.05) is 23.6 Å². The van der Waals surface area contributed by atoms with Crippen molar-refractivity contribution in [2.75, 3.05) is 0 Å². The summed E-state index contributed by atoms with van der Waals surface area (Å²) in [6, 6.07) is 10.7. The van der Waals surface area contributed by atoms with Gasteiger partial charge in [0.05, 0.1) is 10.2 Å². The van der Waals surface area contributed by atoms with Crippen molar-refractivity contribution in [2.24, 2.45) is 0 Å². The van der Waals surface area contributed by atoms with Crippen LogP contribution in [-0.2, 0) is 6.42 Å². The van der Waals surface area contributed by atoms with Gasteiger partial charge in [0.2, 0.25) is 0 Å². The van der Waals surface area contributed by atoms with Crippen LogP contribution in [0.15, 0.2) is 41.8 Å². The van der Waals surface area contributed by atoms with Crippen molar-refractivity contribution in [1.82, 2.24) is 4.98 Å². The van der Waals surface area contributed by atoms with Crippen molar-refractivity contribution in [3.05, 3.63) is 63.9 Å². The van der Waals surface area contributed by atoms with Gasteiger partial charge in [0.25, 0.3) is 0 Å². The molecule has 0 atom stereocenters. The molecule has 0 radical (unpaired) electrons. The molecule has 0 unspecified atom stereocenters. The van der Waals surface area contributed by atoms with E-state index in [4.69, 9.17) is 11.6 Å². The first-order valence-electron chi connectivity index (χ1n) is 5.49. The predicted molar refractivity (Wildman–Crippen MR) is 73.8 cm³/mol. The number of pyridine rings is 1. The summed E-state index contributed by atoms with van der Waals surface area (Å²) in [7, 11) is 0. The fourth-order valence-corrected chi connectivity index (χ4v) is 2.74. The lowest BCUT2D eigenvalue weighted by Crippen LogP contribution is -1.95. The second-order valence-electron chi connectivity index (χ2n) is 4.02. The molecule has 90 valence electrons. The number of benzene rings is 1. The number of hydrogen-bond donors (Lipinski definition) is 0. The van der Waals surface area contributed by atoms with Crippen molar-refractivity contribution in [1.29, 1.82) is 0 Å². The number of fused-ring (bicyclic) bond motifs is 1. The number of nitrogens with zero attached hydrogens (tertiary/aromatic N) is 1. The first-order chi connectivity index (χ1) is 8.72. The molecule has 0 fully saturated rings. The van der Waals surface area contributed by atoms with Gasteiger partial charge < -0.3 is 0 Å². The molecule has 0 N–H and O–H groups in total. The molecule has 0 spiro atoms. The largest absolute Gasteiger partial charge is 0.252 e. The Morgan fingerprint density at radius 2 is 2.06 bits per heavy atom. The van der Waals surface area contributed by atoms with Crippen molar-refractivity contribution >= 4 is 33.2 Å². The summed E-state index contributed by atoms with van der Waals surface area (Å²) in [4.78, 5) is 4.50. The third kappa shape index (κ3) is 2.24. The molecule has 0 bridgehead atoms. The fraction of sp³-hybridized carbons (Fsp3) is 0.0714. The summed E-state index contributed by atoms with van der Waals surface area (Å²) in [6.45, 7) is 0. The molecule has 0 aliphatic heterocycles. The second-order valence-corrected chi connectivity index (χ2v) is 5.40. The molecule has 2 aromatic heterocycles. The molecule has 18 heavy (non-hydrogen) atoms. The monoisotopic (exact) mass is 277 g/mol. The molecule has 0 aliphatic carbocycles. The highest BCUT2D eigenvalue weighted by Gasteiger charge is 2.06. The average Bonchev–Trinajstić information content (AvgIpc) is 2.80. The third-order valence-electron chi connectivity index (χ3n) is 2.75. The van der Waals surface area contributed by atoms with Gasteiger partial charge in [-0.25, -0.2) is 4.39 Å². The average molecular weight is 278 g/mol. The van der Waals surface area contributed by atoms with Gasteiger partial charge in [-0.1, -0.05) is 17.7 Å². The van der Waals surface area contributed by atoms with Gasteiger partial charge in [-0.2, -0.15) is 0 Å². The smallest absolute Gasteiger partial charge is 0.128 e. The summed E-state index contributed by atoms with van der Waals surface area (Å²) < 4.78 is 14.8. The third-order valence-corrected chi connectivity index (χ3v) is 3.86. The molecular formula is C14H9ClFNS. The van der Waals surface area contributed by atoms with Gasteiger partial charge in [-0.05, 0) is 41.3 Å². The normalized spacial score (nSPS) is 11.0. The molecule has 0 amide bonds. The van der Waals surface area contributed by atoms with Crippen LogP contribution in [0.2, 0.25) is 5.02 Å². The van der Waals surface area contributed by atoms with Crippen molar-refractivity contribution in [3.8, 4) is 0 Å². The van der Waals surface area contributed by atoms with Crippen LogP contribution in [0.3, 0.4) is 0 Å². The summed E-state index contributed by atoms with van der Waals surface area (Å²) in [5.41, 5.74) is 2.44. The van der Waals surface area contributed by atoms with Crippen LogP contribution in [0.1, 0.15) is 11.3 Å². The minimum atomic E-state index is -0.283. The molecule has 1 aromatic carbocycles. The molecule has 4 heteroatoms. The van der Waals surface area contributed by atoms with Gasteiger partial charge in [-0.3, -0.25) is 4.98 Å². The number of rotatable bonds is 2. The Bertz CT molecular complexity index is 708. The zero-order valence-electron chi connectivity index (χ0n) is 9.36. The summed E-state index contributed by atoms with van der Waals surface area (Å²) >= 11 is 7.38. The summed E-state index contributed by atoms with van der Waals surface area (Å²) in [6.07, 6.45) is 0.481. The van der Waals surface area contributed by atoms with Crippen LogP contribution in [0.4, 0.5) is 4.39 Å². The molecule has 3 rings (SSSR count). The highest BCUT2D eigenvalue weighted by Crippen LogP contribution is 2.21. The van der Waals surface area contributed by atoms with E-state index in [2.05, 4.69) is 4.98 Å². The van der Waals surface area contributed by atoms with E-state index in [1.165, 1.54) is 6.07 Å². The maximum atomic E-state index is 13.7. The molecular weight excluding hydrogens is 269 g/mol. The van der Waals surface area contributed by atoms with E-state index >= 15 is 0 Å². The van der Waals surface area contributed by atoms with Crippen LogP contribution in [0.5, 0.6) is 0 Å². The van der Waals surface area contributed by atoms with E-state index in [9.17, 15) is 4.39 Å². The Morgan fingerprint density at radius 3 is 2.89 bits per heavy atom. The topological polar surface area (TPSA) is 12.9 Å². The van der Waals surface area contributed by atoms with Crippen LogP contribution in [0, 0.1) is 5.82 Å². The lowest BCUT2D eigenvalue weighted by atomic mass is 10.1. The maximum Gasteiger partial charge on any atom is 0.128 e. The minimum Gasteiger partial charge on any atom is -0.252 e. The minimum absolute atomic E-state index is 0.283. The molecule has 0 aliphatic rings. The standard InChI is InChI=1S/C14H9ClFNS/c15-10-2-1-9(12(16)8-10)7-11-3-4-14-13(17-11)5-6-18-14/h1-6,8H,7H2. The Kier molecular flexibility index (Phi) is 3.02. The lowest BCUT2D eigenvalue weighted by molar-refractivity contribution is 0.613. The van der Waals surface area contributed by atoms with Crippen LogP contribution < -0.4 is 0 Å². The highest BCUT2D eigenvalue weighted by atomic mass is 35.5. The highest BCUT2D eigenvalue weighted by molar-refractivity contribution is 7.17. The van der Waals surface area contributed by atoms with Crippen LogP contribution >= 0.6 is 22.9 Å². The quantitative estimate of drug-likeness (QED) is 0.663. The fourth-order valence-electron chi connectivity index (χ4n) is 1.85. The van der Waals surface area contributed by atoms with E-state index < -0.39 is 0 Å². The zero-order valence-corrected chi connectivity index (χ0v) is 10.9. The van der Waals surface area contributed by atoms with Crippen molar-refractivity contribution in [3.63, 3.8) is 0 Å². The summed E-state index contributed by atoms with van der Waals surface area (Å²) in [5.74, 6) is -0.283. The molecule has 0 saturated heterocycles. The van der Waals surface area contributed by atoms with Gasteiger partial charge in [0, 0.05) is 17.1 Å².